The average Bonchev–Trinajstić information content (AvgIpc) is 2.90. The molecule has 0 radical (unpaired) electrons. The number of hydrogen-bond donors (Lipinski definition) is 1. The van der Waals surface area contributed by atoms with E-state index in [0.29, 0.717) is 5.75 Å². The van der Waals surface area contributed by atoms with E-state index in [1.807, 2.05) is 49.8 Å². The topological polar surface area (TPSA) is 53.6 Å². The Morgan fingerprint density at radius 3 is 2.62 bits per heavy atom. The number of aryl methyl sites for hydroxylation is 1. The van der Waals surface area contributed by atoms with E-state index in [0.717, 1.165) is 10.5 Å². The highest BCUT2D eigenvalue weighted by molar-refractivity contribution is 7.99. The molecule has 0 saturated heterocycles. The van der Waals surface area contributed by atoms with Crippen molar-refractivity contribution in [3.63, 3.8) is 0 Å². The molecule has 0 amide bonds. The summed E-state index contributed by atoms with van der Waals surface area (Å²) in [7, 11) is 1.89. The molecule has 0 spiro atoms. The second kappa shape index (κ2) is 6.79. The lowest BCUT2D eigenvalue weighted by Crippen LogP contribution is -2.47. The van der Waals surface area contributed by atoms with Crippen LogP contribution in [0.5, 0.6) is 0 Å². The minimum atomic E-state index is -0.698. The van der Waals surface area contributed by atoms with Gasteiger partial charge in [-0.2, -0.15) is 10.4 Å². The summed E-state index contributed by atoms with van der Waals surface area (Å²) in [6.45, 7) is 4.12. The maximum Gasteiger partial charge on any atom is 0.141 e. The van der Waals surface area contributed by atoms with Gasteiger partial charge >= 0.3 is 0 Å². The molecule has 1 heterocycles. The second-order valence-corrected chi connectivity index (χ2v) is 6.37. The molecule has 0 aliphatic heterocycles. The van der Waals surface area contributed by atoms with Gasteiger partial charge < -0.3 is 0 Å². The fourth-order valence-electron chi connectivity index (χ4n) is 2.22. The fourth-order valence-corrected chi connectivity index (χ4v) is 3.26. The van der Waals surface area contributed by atoms with Gasteiger partial charge in [-0.25, -0.2) is 0 Å². The summed E-state index contributed by atoms with van der Waals surface area (Å²) in [4.78, 5) is 1.07. The minimum Gasteiger partial charge on any atom is -0.293 e. The van der Waals surface area contributed by atoms with Crippen LogP contribution < -0.4 is 5.32 Å². The van der Waals surface area contributed by atoms with Crippen LogP contribution in [0.3, 0.4) is 0 Å². The highest BCUT2D eigenvalue weighted by Crippen LogP contribution is 2.29. The van der Waals surface area contributed by atoms with Gasteiger partial charge in [0.15, 0.2) is 0 Å². The molecule has 4 nitrogen and oxygen atoms in total. The largest absolute Gasteiger partial charge is 0.293 e. The number of benzene rings is 1. The Labute approximate surface area is 130 Å². The van der Waals surface area contributed by atoms with Crippen LogP contribution in [0.4, 0.5) is 0 Å². The predicted molar refractivity (Wildman–Crippen MR) is 85.9 cm³/mol. The Bertz CT molecular complexity index is 615. The van der Waals surface area contributed by atoms with Crippen molar-refractivity contribution in [3.05, 3.63) is 48.3 Å². The maximum absolute atomic E-state index is 9.82. The predicted octanol–water partition coefficient (Wildman–Crippen LogP) is 2.93. The lowest BCUT2D eigenvalue weighted by molar-refractivity contribution is 0.425. The van der Waals surface area contributed by atoms with Crippen LogP contribution in [-0.4, -0.2) is 21.6 Å². The quantitative estimate of drug-likeness (QED) is 0.833. The molecule has 0 aliphatic carbocycles. The fraction of sp³-hybridized carbons (Fsp3) is 0.375. The third-order valence-corrected chi connectivity index (χ3v) is 4.25. The van der Waals surface area contributed by atoms with Crippen molar-refractivity contribution in [3.8, 4) is 6.07 Å². The van der Waals surface area contributed by atoms with Gasteiger partial charge in [-0.05, 0) is 19.4 Å². The first-order valence-electron chi connectivity index (χ1n) is 6.91. The Morgan fingerprint density at radius 1 is 1.38 bits per heavy atom. The number of nitrogens with one attached hydrogen (secondary N) is 1. The third kappa shape index (κ3) is 3.87. The Morgan fingerprint density at radius 2 is 2.10 bits per heavy atom. The van der Waals surface area contributed by atoms with Crippen LogP contribution in [0, 0.1) is 11.3 Å². The van der Waals surface area contributed by atoms with E-state index in [4.69, 9.17) is 0 Å². The average molecular weight is 300 g/mol. The first-order valence-corrected chi connectivity index (χ1v) is 7.90. The molecule has 110 valence electrons. The summed E-state index contributed by atoms with van der Waals surface area (Å²) >= 11 is 1.64. The second-order valence-electron chi connectivity index (χ2n) is 5.32. The van der Waals surface area contributed by atoms with Gasteiger partial charge in [0.1, 0.15) is 5.54 Å². The zero-order valence-electron chi connectivity index (χ0n) is 12.6. The molecule has 0 bridgehead atoms. The Hall–Kier alpha value is -1.77. The summed E-state index contributed by atoms with van der Waals surface area (Å²) in [5.74, 6) is 0.636. The van der Waals surface area contributed by atoms with Gasteiger partial charge in [0.05, 0.1) is 12.3 Å². The molecular formula is C16H20N4S. The summed E-state index contributed by atoms with van der Waals surface area (Å²) < 4.78 is 1.77. The first kappa shape index (κ1) is 15.6. The van der Waals surface area contributed by atoms with Gasteiger partial charge in [0.2, 0.25) is 0 Å². The van der Waals surface area contributed by atoms with Crippen LogP contribution in [0.2, 0.25) is 0 Å². The van der Waals surface area contributed by atoms with Crippen LogP contribution in [0.1, 0.15) is 19.4 Å². The first-order chi connectivity index (χ1) is 10.1. The molecule has 2 aromatic rings. The molecule has 1 N–H and O–H groups in total. The highest BCUT2D eigenvalue weighted by Gasteiger charge is 2.33. The van der Waals surface area contributed by atoms with Gasteiger partial charge in [-0.3, -0.25) is 10.00 Å². The monoisotopic (exact) mass is 300 g/mol. The van der Waals surface area contributed by atoms with Gasteiger partial charge in [0.25, 0.3) is 0 Å². The molecule has 0 saturated carbocycles. The van der Waals surface area contributed by atoms with Crippen molar-refractivity contribution in [1.82, 2.24) is 15.1 Å². The highest BCUT2D eigenvalue weighted by atomic mass is 32.2. The molecular weight excluding hydrogens is 280 g/mol. The molecule has 5 heteroatoms. The minimum absolute atomic E-state index is 0.222. The molecule has 21 heavy (non-hydrogen) atoms. The molecule has 0 aliphatic rings. The number of rotatable bonds is 6. The van der Waals surface area contributed by atoms with Gasteiger partial charge in [-0.15, -0.1) is 11.8 Å². The molecule has 2 rings (SSSR count). The zero-order valence-corrected chi connectivity index (χ0v) is 13.4. The van der Waals surface area contributed by atoms with Gasteiger partial charge in [-0.1, -0.05) is 30.3 Å². The van der Waals surface area contributed by atoms with E-state index >= 15 is 0 Å². The molecule has 0 fully saturated rings. The van der Waals surface area contributed by atoms with E-state index in [9.17, 15) is 5.26 Å². The number of thioether (sulfide) groups is 1. The molecule has 1 unspecified atom stereocenters. The third-order valence-electron chi connectivity index (χ3n) is 3.13. The van der Waals surface area contributed by atoms with E-state index in [2.05, 4.69) is 30.3 Å². The van der Waals surface area contributed by atoms with Crippen LogP contribution in [0.15, 0.2) is 47.6 Å². The van der Waals surface area contributed by atoms with Crippen LogP contribution >= 0.6 is 11.8 Å². The number of aromatic nitrogens is 2. The summed E-state index contributed by atoms with van der Waals surface area (Å²) in [6.07, 6.45) is 3.79. The van der Waals surface area contributed by atoms with E-state index in [-0.39, 0.29) is 6.04 Å². The molecule has 1 aromatic heterocycles. The van der Waals surface area contributed by atoms with E-state index in [1.54, 1.807) is 16.4 Å². The molecule has 1 aromatic carbocycles. The van der Waals surface area contributed by atoms with Crippen LogP contribution in [-0.2, 0) is 12.6 Å². The standard InChI is InChI=1S/C16H20N4S/c1-13(2)19-16(11-17,14-7-5-4-6-8-14)12-21-15-9-18-20(3)10-15/h4-10,13,19H,12H2,1-3H3. The lowest BCUT2D eigenvalue weighted by atomic mass is 9.92. The normalized spacial score (nSPS) is 13.9. The van der Waals surface area contributed by atoms with Crippen molar-refractivity contribution in [1.29, 1.82) is 5.26 Å². The number of hydrogen-bond acceptors (Lipinski definition) is 4. The van der Waals surface area contributed by atoms with Crippen molar-refractivity contribution in [2.24, 2.45) is 7.05 Å². The SMILES string of the molecule is CC(C)NC(C#N)(CSc1cnn(C)c1)c1ccccc1. The van der Waals surface area contributed by atoms with Crippen molar-refractivity contribution in [2.75, 3.05) is 5.75 Å². The maximum atomic E-state index is 9.82. The summed E-state index contributed by atoms with van der Waals surface area (Å²) in [5, 5.41) is 17.4. The lowest BCUT2D eigenvalue weighted by Gasteiger charge is -2.30. The smallest absolute Gasteiger partial charge is 0.141 e. The van der Waals surface area contributed by atoms with E-state index in [1.165, 1.54) is 0 Å². The summed E-state index contributed by atoms with van der Waals surface area (Å²) in [6, 6.07) is 12.6. The zero-order chi connectivity index (χ0) is 15.3. The van der Waals surface area contributed by atoms with Gasteiger partial charge in [0, 0.05) is 29.9 Å². The summed E-state index contributed by atoms with van der Waals surface area (Å²) in [5.41, 5.74) is 0.299. The van der Waals surface area contributed by atoms with Crippen molar-refractivity contribution < 1.29 is 0 Å². The molecule has 1 atom stereocenters. The van der Waals surface area contributed by atoms with Crippen molar-refractivity contribution in [2.45, 2.75) is 30.3 Å². The Kier molecular flexibility index (Phi) is 5.05. The number of nitriles is 1. The number of nitrogens with zero attached hydrogens (tertiary/aromatic N) is 3. The van der Waals surface area contributed by atoms with E-state index < -0.39 is 5.54 Å². The Balaban J connectivity index is 2.25. The van der Waals surface area contributed by atoms with Crippen molar-refractivity contribution >= 4 is 11.8 Å². The van der Waals surface area contributed by atoms with Crippen LogP contribution in [0.25, 0.3) is 0 Å².